The lowest BCUT2D eigenvalue weighted by molar-refractivity contribution is 0.414. The fourth-order valence-electron chi connectivity index (χ4n) is 1.48. The first-order valence-electron chi connectivity index (χ1n) is 5.63. The molecule has 0 aliphatic rings. The van der Waals surface area contributed by atoms with Gasteiger partial charge in [-0.1, -0.05) is 12.1 Å². The quantitative estimate of drug-likeness (QED) is 0.829. The van der Waals surface area contributed by atoms with E-state index >= 15 is 0 Å². The molecule has 0 saturated carbocycles. The number of hydrogen-bond acceptors (Lipinski definition) is 4. The number of methoxy groups -OCH3 is 1. The summed E-state index contributed by atoms with van der Waals surface area (Å²) < 4.78 is 31.6. The van der Waals surface area contributed by atoms with Crippen molar-refractivity contribution in [1.29, 1.82) is 0 Å². The normalized spacial score (nSPS) is 11.8. The second-order valence-electron chi connectivity index (χ2n) is 4.80. The van der Waals surface area contributed by atoms with Gasteiger partial charge in [-0.25, -0.2) is 13.1 Å². The zero-order chi connectivity index (χ0) is 13.8. The van der Waals surface area contributed by atoms with E-state index in [0.717, 1.165) is 0 Å². The van der Waals surface area contributed by atoms with Gasteiger partial charge in [0.2, 0.25) is 10.0 Å². The van der Waals surface area contributed by atoms with E-state index in [1.165, 1.54) is 0 Å². The number of sulfonamides is 1. The minimum atomic E-state index is -3.41. The summed E-state index contributed by atoms with van der Waals surface area (Å²) in [4.78, 5) is 0. The van der Waals surface area contributed by atoms with Crippen LogP contribution in [0.1, 0.15) is 19.4 Å². The molecular weight excluding hydrogens is 288 g/mol. The number of rotatable bonds is 6. The molecule has 19 heavy (non-hydrogen) atoms. The van der Waals surface area contributed by atoms with Crippen molar-refractivity contribution in [2.45, 2.75) is 25.1 Å². The highest BCUT2D eigenvalue weighted by Gasteiger charge is 2.23. The van der Waals surface area contributed by atoms with Crippen LogP contribution >= 0.6 is 12.4 Å². The summed E-state index contributed by atoms with van der Waals surface area (Å²) in [6, 6.07) is 6.98. The molecule has 5 nitrogen and oxygen atoms in total. The van der Waals surface area contributed by atoms with Gasteiger partial charge in [0, 0.05) is 12.1 Å². The topological polar surface area (TPSA) is 81.4 Å². The van der Waals surface area contributed by atoms with Crippen LogP contribution < -0.4 is 15.2 Å². The highest BCUT2D eigenvalue weighted by molar-refractivity contribution is 7.88. The van der Waals surface area contributed by atoms with Gasteiger partial charge in [-0.15, -0.1) is 12.4 Å². The van der Waals surface area contributed by atoms with Gasteiger partial charge in [0.15, 0.2) is 0 Å². The second-order valence-corrected chi connectivity index (χ2v) is 6.52. The Kier molecular flexibility index (Phi) is 6.79. The summed E-state index contributed by atoms with van der Waals surface area (Å²) in [7, 11) is -1.87. The van der Waals surface area contributed by atoms with Gasteiger partial charge >= 0.3 is 0 Å². The Balaban J connectivity index is 0.00000324. The predicted molar refractivity (Wildman–Crippen MR) is 79.1 cm³/mol. The van der Waals surface area contributed by atoms with Gasteiger partial charge in [0.1, 0.15) is 5.75 Å². The average molecular weight is 309 g/mol. The minimum Gasteiger partial charge on any atom is -0.497 e. The molecule has 0 atom stereocenters. The van der Waals surface area contributed by atoms with Crippen LogP contribution in [-0.4, -0.2) is 27.6 Å². The number of benzene rings is 1. The molecule has 7 heteroatoms. The van der Waals surface area contributed by atoms with E-state index in [-0.39, 0.29) is 24.7 Å². The molecule has 3 N–H and O–H groups in total. The van der Waals surface area contributed by atoms with Crippen molar-refractivity contribution in [3.05, 3.63) is 29.8 Å². The lowest BCUT2D eigenvalue weighted by Crippen LogP contribution is -2.49. The van der Waals surface area contributed by atoms with E-state index in [1.807, 2.05) is 0 Å². The van der Waals surface area contributed by atoms with Crippen molar-refractivity contribution in [2.24, 2.45) is 5.73 Å². The molecule has 0 aromatic heterocycles. The van der Waals surface area contributed by atoms with Crippen LogP contribution in [-0.2, 0) is 15.8 Å². The van der Waals surface area contributed by atoms with E-state index in [2.05, 4.69) is 4.72 Å². The molecule has 0 radical (unpaired) electrons. The van der Waals surface area contributed by atoms with Crippen LogP contribution in [0.4, 0.5) is 0 Å². The first kappa shape index (κ1) is 18.2. The number of nitrogens with two attached hydrogens (primary N) is 1. The first-order valence-corrected chi connectivity index (χ1v) is 7.28. The molecule has 0 unspecified atom stereocenters. The fraction of sp³-hybridized carbons (Fsp3) is 0.500. The van der Waals surface area contributed by atoms with E-state index in [4.69, 9.17) is 10.5 Å². The molecular formula is C12H21ClN2O3S. The summed E-state index contributed by atoms with van der Waals surface area (Å²) >= 11 is 0. The lowest BCUT2D eigenvalue weighted by atomic mass is 10.1. The maximum Gasteiger partial charge on any atom is 0.216 e. The lowest BCUT2D eigenvalue weighted by Gasteiger charge is -2.23. The van der Waals surface area contributed by atoms with Gasteiger partial charge in [0.25, 0.3) is 0 Å². The molecule has 1 aromatic carbocycles. The van der Waals surface area contributed by atoms with E-state index in [0.29, 0.717) is 11.3 Å². The summed E-state index contributed by atoms with van der Waals surface area (Å²) in [5, 5.41) is 0. The maximum atomic E-state index is 12.0. The highest BCUT2D eigenvalue weighted by atomic mass is 35.5. The predicted octanol–water partition coefficient (Wildman–Crippen LogP) is 1.27. The maximum absolute atomic E-state index is 12.0. The van der Waals surface area contributed by atoms with E-state index in [1.54, 1.807) is 45.2 Å². The van der Waals surface area contributed by atoms with Gasteiger partial charge in [0.05, 0.1) is 12.9 Å². The molecule has 0 saturated heterocycles. The fourth-order valence-corrected chi connectivity index (χ4v) is 3.10. The number of ether oxygens (including phenoxy) is 1. The molecule has 0 aliphatic carbocycles. The zero-order valence-corrected chi connectivity index (χ0v) is 13.0. The Labute approximate surface area is 121 Å². The van der Waals surface area contributed by atoms with Crippen molar-refractivity contribution in [3.63, 3.8) is 0 Å². The van der Waals surface area contributed by atoms with Crippen LogP contribution in [0.5, 0.6) is 5.75 Å². The number of nitrogens with one attached hydrogen (secondary N) is 1. The standard InChI is InChI=1S/C12H20N2O3S.ClH/c1-12(2,9-13)14-18(15,16)8-10-5-4-6-11(7-10)17-3;/h4-7,14H,8-9,13H2,1-3H3;1H. The van der Waals surface area contributed by atoms with Crippen LogP contribution in [0.2, 0.25) is 0 Å². The summed E-state index contributed by atoms with van der Waals surface area (Å²) in [6.45, 7) is 3.73. The molecule has 1 aromatic rings. The molecule has 1 rings (SSSR count). The number of hydrogen-bond donors (Lipinski definition) is 2. The van der Waals surface area contributed by atoms with Gasteiger partial charge in [-0.3, -0.25) is 0 Å². The van der Waals surface area contributed by atoms with Crippen molar-refractivity contribution < 1.29 is 13.2 Å². The Morgan fingerprint density at radius 1 is 1.37 bits per heavy atom. The molecule has 110 valence electrons. The largest absolute Gasteiger partial charge is 0.497 e. The molecule has 0 spiro atoms. The first-order chi connectivity index (χ1) is 8.28. The van der Waals surface area contributed by atoms with Crippen LogP contribution in [0.15, 0.2) is 24.3 Å². The zero-order valence-electron chi connectivity index (χ0n) is 11.3. The average Bonchev–Trinajstić information content (AvgIpc) is 2.27. The summed E-state index contributed by atoms with van der Waals surface area (Å²) in [6.07, 6.45) is 0. The van der Waals surface area contributed by atoms with E-state index < -0.39 is 15.6 Å². The van der Waals surface area contributed by atoms with E-state index in [9.17, 15) is 8.42 Å². The molecule has 0 fully saturated rings. The Hall–Kier alpha value is -0.820. The highest BCUT2D eigenvalue weighted by Crippen LogP contribution is 2.15. The number of halogens is 1. The Bertz CT molecular complexity index is 503. The second kappa shape index (κ2) is 7.09. The Morgan fingerprint density at radius 3 is 2.53 bits per heavy atom. The molecule has 0 bridgehead atoms. The molecule has 0 heterocycles. The minimum absolute atomic E-state index is 0. The molecule has 0 amide bonds. The van der Waals surface area contributed by atoms with Crippen molar-refractivity contribution >= 4 is 22.4 Å². The van der Waals surface area contributed by atoms with Crippen LogP contribution in [0, 0.1) is 0 Å². The van der Waals surface area contributed by atoms with Crippen molar-refractivity contribution in [1.82, 2.24) is 4.72 Å². The third-order valence-corrected chi connectivity index (χ3v) is 4.01. The van der Waals surface area contributed by atoms with Gasteiger partial charge in [-0.2, -0.15) is 0 Å². The molecule has 0 aliphatic heterocycles. The van der Waals surface area contributed by atoms with Gasteiger partial charge < -0.3 is 10.5 Å². The smallest absolute Gasteiger partial charge is 0.216 e. The van der Waals surface area contributed by atoms with Crippen LogP contribution in [0.25, 0.3) is 0 Å². The third-order valence-electron chi connectivity index (χ3n) is 2.43. The van der Waals surface area contributed by atoms with Gasteiger partial charge in [-0.05, 0) is 31.5 Å². The summed E-state index contributed by atoms with van der Waals surface area (Å²) in [5.41, 5.74) is 5.54. The summed E-state index contributed by atoms with van der Waals surface area (Å²) in [5.74, 6) is 0.550. The SMILES string of the molecule is COc1cccc(CS(=O)(=O)NC(C)(C)CN)c1.Cl. The van der Waals surface area contributed by atoms with Crippen LogP contribution in [0.3, 0.4) is 0 Å². The van der Waals surface area contributed by atoms with Crippen molar-refractivity contribution in [2.75, 3.05) is 13.7 Å². The monoisotopic (exact) mass is 308 g/mol. The third kappa shape index (κ3) is 6.24. The Morgan fingerprint density at radius 2 is 2.00 bits per heavy atom. The van der Waals surface area contributed by atoms with Crippen molar-refractivity contribution in [3.8, 4) is 5.75 Å².